The average molecular weight is 753 g/mol. The van der Waals surface area contributed by atoms with E-state index >= 15 is 0 Å². The maximum absolute atomic E-state index is 13.9. The average Bonchev–Trinajstić information content (AvgIpc) is 3.78. The summed E-state index contributed by atoms with van der Waals surface area (Å²) < 4.78 is 22.9. The number of phenols is 1. The fraction of sp³-hybridized carbons (Fsp3) is 0.282. The van der Waals surface area contributed by atoms with E-state index in [9.17, 15) is 14.3 Å². The molecule has 11 nitrogen and oxygen atoms in total. The molecule has 53 heavy (non-hydrogen) atoms. The molecule has 1 aliphatic heterocycles. The van der Waals surface area contributed by atoms with Gasteiger partial charge in [-0.05, 0) is 47.7 Å². The highest BCUT2D eigenvalue weighted by Gasteiger charge is 2.26. The first kappa shape index (κ1) is 36.5. The number of aromatic nitrogens is 5. The number of benzene rings is 3. The van der Waals surface area contributed by atoms with Gasteiger partial charge in [-0.1, -0.05) is 68.1 Å². The molecule has 7 rings (SSSR count). The number of nitrogens with zero attached hydrogens (tertiary/aromatic N) is 6. The van der Waals surface area contributed by atoms with Gasteiger partial charge < -0.3 is 15.2 Å². The highest BCUT2D eigenvalue weighted by molar-refractivity contribution is 7.99. The third kappa shape index (κ3) is 8.51. The number of fused-ring (bicyclic) bond motifs is 1. The summed E-state index contributed by atoms with van der Waals surface area (Å²) in [5.74, 6) is 0.723. The number of pyridine rings is 1. The van der Waals surface area contributed by atoms with E-state index in [4.69, 9.17) is 9.84 Å². The predicted octanol–water partition coefficient (Wildman–Crippen LogP) is 7.37. The molecule has 3 N–H and O–H groups in total. The van der Waals surface area contributed by atoms with Gasteiger partial charge in [0.2, 0.25) is 0 Å². The molecular weight excluding hydrogens is 712 g/mol. The lowest BCUT2D eigenvalue weighted by atomic mass is 9.92. The Kier molecular flexibility index (Phi) is 11.0. The van der Waals surface area contributed by atoms with Gasteiger partial charge in [0.1, 0.15) is 5.82 Å². The number of rotatable bonds is 12. The van der Waals surface area contributed by atoms with Crippen LogP contribution in [0.15, 0.2) is 101 Å². The molecule has 14 heteroatoms. The van der Waals surface area contributed by atoms with Crippen molar-refractivity contribution < 1.29 is 19.0 Å². The van der Waals surface area contributed by atoms with Crippen molar-refractivity contribution >= 4 is 41.0 Å². The minimum absolute atomic E-state index is 0.266. The van der Waals surface area contributed by atoms with Crippen LogP contribution < -0.4 is 10.6 Å². The molecule has 274 valence electrons. The number of halogens is 1. The molecule has 0 saturated carbocycles. The van der Waals surface area contributed by atoms with E-state index < -0.39 is 17.6 Å². The molecular formula is C39H41FN8O3S2. The number of ether oxygens (including phenoxy) is 1. The second-order valence-electron chi connectivity index (χ2n) is 13.5. The van der Waals surface area contributed by atoms with Crippen molar-refractivity contribution in [2.75, 3.05) is 43.6 Å². The monoisotopic (exact) mass is 752 g/mol. The smallest absolute Gasteiger partial charge is 0.320 e. The molecule has 3 aromatic carbocycles. The largest absolute Gasteiger partial charge is 0.505 e. The number of aromatic hydroxyl groups is 1. The first-order valence-corrected chi connectivity index (χ1v) is 19.5. The number of carbonyl (C=O) groups excluding carboxylic acids is 1. The number of phenolic OH excluding ortho intramolecular Hbond substituents is 1. The lowest BCUT2D eigenvalue weighted by Gasteiger charge is -2.26. The van der Waals surface area contributed by atoms with Crippen LogP contribution in [-0.4, -0.2) is 78.7 Å². The molecule has 3 aromatic heterocycles. The van der Waals surface area contributed by atoms with Crippen LogP contribution in [0.4, 0.5) is 15.0 Å². The van der Waals surface area contributed by atoms with Crippen LogP contribution in [0.5, 0.6) is 5.75 Å². The van der Waals surface area contributed by atoms with E-state index in [1.54, 1.807) is 23.5 Å². The Labute approximate surface area is 316 Å². The summed E-state index contributed by atoms with van der Waals surface area (Å²) in [6, 6.07) is 25.7. The first-order valence-electron chi connectivity index (χ1n) is 17.3. The highest BCUT2D eigenvalue weighted by Crippen LogP contribution is 2.33. The zero-order valence-electron chi connectivity index (χ0n) is 29.8. The lowest BCUT2D eigenvalue weighted by molar-refractivity contribution is 0.0342. The van der Waals surface area contributed by atoms with E-state index in [2.05, 4.69) is 63.8 Å². The van der Waals surface area contributed by atoms with Crippen LogP contribution in [0, 0.1) is 5.82 Å². The fourth-order valence-corrected chi connectivity index (χ4v) is 8.02. The van der Waals surface area contributed by atoms with Crippen molar-refractivity contribution in [3.8, 4) is 22.8 Å². The van der Waals surface area contributed by atoms with Gasteiger partial charge in [0.15, 0.2) is 23.0 Å². The molecule has 4 heterocycles. The summed E-state index contributed by atoms with van der Waals surface area (Å²) in [5.41, 5.74) is 4.79. The standard InChI is InChI=1S/C39H41FN8O3S2/c1-39(2,25-52-3)34-21-36(48(45-34)29-12-14-31(40)32(49)20-29)42-38(50)41-22-28-6-4-5-7-33(28)53-30-13-15-35-43-44-37(47(35)24-30)27-10-8-26(9-11-27)23-46-16-18-51-19-17-46/h4-15,20-21,24,49H,16-19,22-23,25H2,1-3H3,(H2,41,42,50). The van der Waals surface area contributed by atoms with Gasteiger partial charge in [0, 0.05) is 71.0 Å². The van der Waals surface area contributed by atoms with Gasteiger partial charge in [0.05, 0.1) is 24.6 Å². The SMILES string of the molecule is CSCC(C)(C)c1cc(NC(=O)NCc2ccccc2Sc2ccc3nnc(-c4ccc(CN5CCOCC5)cc4)n3c2)n(-c2ccc(F)c(O)c2)n1. The third-order valence-electron chi connectivity index (χ3n) is 9.06. The predicted molar refractivity (Wildman–Crippen MR) is 208 cm³/mol. The Balaban J connectivity index is 1.05. The normalized spacial score (nSPS) is 13.7. The zero-order valence-corrected chi connectivity index (χ0v) is 31.4. The molecule has 0 aliphatic carbocycles. The van der Waals surface area contributed by atoms with Crippen molar-refractivity contribution in [1.29, 1.82) is 0 Å². The van der Waals surface area contributed by atoms with Gasteiger partial charge >= 0.3 is 6.03 Å². The van der Waals surface area contributed by atoms with Crippen molar-refractivity contribution in [2.45, 2.75) is 42.1 Å². The summed E-state index contributed by atoms with van der Waals surface area (Å²) in [7, 11) is 0. The third-order valence-corrected chi connectivity index (χ3v) is 11.2. The number of nitrogens with one attached hydrogen (secondary N) is 2. The quantitative estimate of drug-likeness (QED) is 0.118. The maximum Gasteiger partial charge on any atom is 0.320 e. The van der Waals surface area contributed by atoms with Crippen molar-refractivity contribution in [2.24, 2.45) is 0 Å². The van der Waals surface area contributed by atoms with Gasteiger partial charge in [-0.2, -0.15) is 16.9 Å². The topological polar surface area (TPSA) is 122 Å². The Morgan fingerprint density at radius 1 is 1.00 bits per heavy atom. The Morgan fingerprint density at radius 3 is 2.57 bits per heavy atom. The van der Waals surface area contributed by atoms with Gasteiger partial charge in [-0.25, -0.2) is 13.9 Å². The Hall–Kier alpha value is -4.89. The van der Waals surface area contributed by atoms with Crippen molar-refractivity contribution in [3.05, 3.63) is 114 Å². The number of urea groups is 1. The number of thioether (sulfide) groups is 1. The minimum atomic E-state index is -0.736. The zero-order chi connectivity index (χ0) is 37.0. The molecule has 2 amide bonds. The number of hydrogen-bond donors (Lipinski definition) is 3. The lowest BCUT2D eigenvalue weighted by Crippen LogP contribution is -2.35. The molecule has 0 unspecified atom stereocenters. The van der Waals surface area contributed by atoms with Crippen molar-refractivity contribution in [1.82, 2.24) is 34.6 Å². The van der Waals surface area contributed by atoms with Gasteiger partial charge in [-0.15, -0.1) is 10.2 Å². The highest BCUT2D eigenvalue weighted by atomic mass is 32.2. The van der Waals surface area contributed by atoms with E-state index in [0.717, 1.165) is 76.7 Å². The number of hydrogen-bond acceptors (Lipinski definition) is 9. The number of anilines is 1. The van der Waals surface area contributed by atoms with Crippen LogP contribution >= 0.6 is 23.5 Å². The van der Waals surface area contributed by atoms with Crippen LogP contribution in [0.3, 0.4) is 0 Å². The molecule has 0 atom stereocenters. The molecule has 0 spiro atoms. The second-order valence-corrected chi connectivity index (χ2v) is 15.5. The van der Waals surface area contributed by atoms with Gasteiger partial charge in [0.25, 0.3) is 0 Å². The first-order chi connectivity index (χ1) is 25.7. The Bertz CT molecular complexity index is 2220. The summed E-state index contributed by atoms with van der Waals surface area (Å²) in [6.45, 7) is 8.75. The summed E-state index contributed by atoms with van der Waals surface area (Å²) in [5, 5.41) is 29.6. The minimum Gasteiger partial charge on any atom is -0.505 e. The molecule has 6 aromatic rings. The van der Waals surface area contributed by atoms with E-state index in [0.29, 0.717) is 11.5 Å². The fourth-order valence-electron chi connectivity index (χ4n) is 6.18. The summed E-state index contributed by atoms with van der Waals surface area (Å²) in [6.07, 6.45) is 4.07. The number of amides is 2. The van der Waals surface area contributed by atoms with Crippen molar-refractivity contribution in [3.63, 3.8) is 0 Å². The van der Waals surface area contributed by atoms with E-state index in [1.807, 2.05) is 59.3 Å². The maximum atomic E-state index is 13.9. The molecule has 0 bridgehead atoms. The summed E-state index contributed by atoms with van der Waals surface area (Å²) in [4.78, 5) is 17.7. The van der Waals surface area contributed by atoms with Crippen LogP contribution in [0.25, 0.3) is 22.7 Å². The second kappa shape index (κ2) is 16.0. The number of morpholine rings is 1. The van der Waals surface area contributed by atoms with E-state index in [1.165, 1.54) is 28.4 Å². The molecule has 1 aliphatic rings. The van der Waals surface area contributed by atoms with E-state index in [-0.39, 0.29) is 12.0 Å². The summed E-state index contributed by atoms with van der Waals surface area (Å²) >= 11 is 3.29. The molecule has 1 saturated heterocycles. The van der Waals surface area contributed by atoms with Crippen LogP contribution in [-0.2, 0) is 23.2 Å². The van der Waals surface area contributed by atoms with Crippen LogP contribution in [0.2, 0.25) is 0 Å². The van der Waals surface area contributed by atoms with Gasteiger partial charge in [-0.3, -0.25) is 14.6 Å². The van der Waals surface area contributed by atoms with Crippen LogP contribution in [0.1, 0.15) is 30.7 Å². The number of carbonyl (C=O) groups is 1. The molecule has 1 fully saturated rings. The molecule has 0 radical (unpaired) electrons. The Morgan fingerprint density at radius 2 is 1.79 bits per heavy atom.